The van der Waals surface area contributed by atoms with E-state index >= 15 is 0 Å². The maximum atomic E-state index is 13.3. The Bertz CT molecular complexity index is 688. The lowest BCUT2D eigenvalue weighted by atomic mass is 9.63. The van der Waals surface area contributed by atoms with Crippen molar-refractivity contribution in [2.75, 3.05) is 39.4 Å². The third-order valence-corrected chi connectivity index (χ3v) is 6.47. The molecule has 3 aliphatic rings. The number of benzene rings is 1. The molecule has 0 aromatic heterocycles. The third-order valence-electron chi connectivity index (χ3n) is 6.47. The van der Waals surface area contributed by atoms with Crippen LogP contribution >= 0.6 is 0 Å². The number of hydrogen-bond acceptors (Lipinski definition) is 3. The minimum absolute atomic E-state index is 0.00955. The van der Waals surface area contributed by atoms with Gasteiger partial charge in [0.1, 0.15) is 5.82 Å². The summed E-state index contributed by atoms with van der Waals surface area (Å²) in [4.78, 5) is 29.8. The highest BCUT2D eigenvalue weighted by molar-refractivity contribution is 5.89. The van der Waals surface area contributed by atoms with Crippen LogP contribution in [0.1, 0.15) is 37.7 Å². The molecule has 3 fully saturated rings. The van der Waals surface area contributed by atoms with Gasteiger partial charge in [0.2, 0.25) is 11.8 Å². The van der Waals surface area contributed by atoms with E-state index in [1.807, 2.05) is 9.80 Å². The van der Waals surface area contributed by atoms with Crippen LogP contribution in [0, 0.1) is 11.7 Å². The molecule has 1 aromatic rings. The van der Waals surface area contributed by atoms with Crippen molar-refractivity contribution >= 4 is 11.8 Å². The van der Waals surface area contributed by atoms with Crippen LogP contribution in [-0.2, 0) is 19.7 Å². The molecule has 2 saturated heterocycles. The van der Waals surface area contributed by atoms with Crippen molar-refractivity contribution in [3.05, 3.63) is 35.6 Å². The number of carbonyl (C=O) groups excluding carboxylic acids is 2. The van der Waals surface area contributed by atoms with E-state index in [2.05, 4.69) is 0 Å². The van der Waals surface area contributed by atoms with Crippen LogP contribution in [0.2, 0.25) is 0 Å². The maximum Gasteiger partial charge on any atom is 0.233 e. The zero-order valence-electron chi connectivity index (χ0n) is 15.7. The average molecular weight is 374 g/mol. The van der Waals surface area contributed by atoms with Crippen LogP contribution in [0.25, 0.3) is 0 Å². The Morgan fingerprint density at radius 1 is 0.963 bits per heavy atom. The second-order valence-corrected chi connectivity index (χ2v) is 7.95. The monoisotopic (exact) mass is 374 g/mol. The molecule has 0 spiro atoms. The van der Waals surface area contributed by atoms with Crippen LogP contribution in [0.5, 0.6) is 0 Å². The second kappa shape index (κ2) is 7.58. The normalized spacial score (nSPS) is 23.0. The Morgan fingerprint density at radius 2 is 1.59 bits per heavy atom. The molecular weight excluding hydrogens is 347 g/mol. The molecular formula is C21H27FN2O3. The van der Waals surface area contributed by atoms with Gasteiger partial charge < -0.3 is 14.5 Å². The number of piperidine rings is 1. The smallest absolute Gasteiger partial charge is 0.233 e. The predicted octanol–water partition coefficient (Wildman–Crippen LogP) is 2.34. The molecule has 0 bridgehead atoms. The van der Waals surface area contributed by atoms with E-state index in [4.69, 9.17) is 4.74 Å². The van der Waals surface area contributed by atoms with E-state index < -0.39 is 5.41 Å². The van der Waals surface area contributed by atoms with Gasteiger partial charge in [0.25, 0.3) is 0 Å². The fourth-order valence-electron chi connectivity index (χ4n) is 4.60. The average Bonchev–Trinajstić information content (AvgIpc) is 2.69. The van der Waals surface area contributed by atoms with Crippen molar-refractivity contribution < 1.29 is 18.7 Å². The number of amides is 2. The van der Waals surface area contributed by atoms with Crippen molar-refractivity contribution in [1.82, 2.24) is 9.80 Å². The summed E-state index contributed by atoms with van der Waals surface area (Å²) in [5, 5.41) is 0. The SMILES string of the molecule is O=C(C1CCN(C(=O)C2(c3ccc(F)cc3)CCC2)CC1)N1CCOCC1. The van der Waals surface area contributed by atoms with Crippen LogP contribution in [0.3, 0.4) is 0 Å². The Morgan fingerprint density at radius 3 is 2.15 bits per heavy atom. The fraction of sp³-hybridized carbons (Fsp3) is 0.619. The largest absolute Gasteiger partial charge is 0.378 e. The third kappa shape index (κ3) is 3.47. The molecule has 2 amide bonds. The standard InChI is InChI=1S/C21H27FN2O3/c22-18-4-2-17(3-5-18)21(8-1-9-21)20(26)24-10-6-16(7-11-24)19(25)23-12-14-27-15-13-23/h2-5,16H,1,6-15H2. The lowest BCUT2D eigenvalue weighted by molar-refractivity contribution is -0.147. The van der Waals surface area contributed by atoms with E-state index in [-0.39, 0.29) is 23.5 Å². The first-order valence-electron chi connectivity index (χ1n) is 10.0. The Labute approximate surface area is 159 Å². The molecule has 5 nitrogen and oxygen atoms in total. The summed E-state index contributed by atoms with van der Waals surface area (Å²) in [6.45, 7) is 3.83. The number of ether oxygens (including phenoxy) is 1. The first-order chi connectivity index (χ1) is 13.1. The number of nitrogens with zero attached hydrogens (tertiary/aromatic N) is 2. The molecule has 2 heterocycles. The topological polar surface area (TPSA) is 49.9 Å². The molecule has 2 aliphatic heterocycles. The summed E-state index contributed by atoms with van der Waals surface area (Å²) < 4.78 is 18.6. The van der Waals surface area contributed by atoms with E-state index in [9.17, 15) is 14.0 Å². The number of rotatable bonds is 3. The summed E-state index contributed by atoms with van der Waals surface area (Å²) in [5.74, 6) is 0.0957. The number of carbonyl (C=O) groups is 2. The molecule has 1 aromatic carbocycles. The van der Waals surface area contributed by atoms with Crippen molar-refractivity contribution in [3.63, 3.8) is 0 Å². The fourth-order valence-corrected chi connectivity index (χ4v) is 4.60. The number of likely N-dealkylation sites (tertiary alicyclic amines) is 1. The van der Waals surface area contributed by atoms with Crippen molar-refractivity contribution in [2.45, 2.75) is 37.5 Å². The van der Waals surface area contributed by atoms with Gasteiger partial charge in [-0.05, 0) is 43.4 Å². The first kappa shape index (κ1) is 18.4. The maximum absolute atomic E-state index is 13.3. The van der Waals surface area contributed by atoms with Gasteiger partial charge in [-0.3, -0.25) is 9.59 Å². The number of morpholine rings is 1. The highest BCUT2D eigenvalue weighted by Crippen LogP contribution is 2.45. The van der Waals surface area contributed by atoms with Gasteiger partial charge in [-0.15, -0.1) is 0 Å². The lowest BCUT2D eigenvalue weighted by Crippen LogP contribution is -2.54. The molecule has 4 rings (SSSR count). The summed E-state index contributed by atoms with van der Waals surface area (Å²) in [7, 11) is 0. The predicted molar refractivity (Wildman–Crippen MR) is 98.6 cm³/mol. The first-order valence-corrected chi connectivity index (χ1v) is 10.0. The van der Waals surface area contributed by atoms with Crippen molar-refractivity contribution in [1.29, 1.82) is 0 Å². The van der Waals surface area contributed by atoms with Gasteiger partial charge in [0, 0.05) is 32.1 Å². The molecule has 0 radical (unpaired) electrons. The Balaban J connectivity index is 1.39. The molecule has 27 heavy (non-hydrogen) atoms. The van der Waals surface area contributed by atoms with Crippen LogP contribution in [-0.4, -0.2) is 61.0 Å². The minimum atomic E-state index is -0.491. The number of hydrogen-bond donors (Lipinski definition) is 0. The molecule has 146 valence electrons. The van der Waals surface area contributed by atoms with E-state index in [0.717, 1.165) is 37.7 Å². The van der Waals surface area contributed by atoms with Gasteiger partial charge in [0.05, 0.1) is 18.6 Å². The molecule has 1 aliphatic carbocycles. The summed E-state index contributed by atoms with van der Waals surface area (Å²) >= 11 is 0. The molecule has 1 saturated carbocycles. The van der Waals surface area contributed by atoms with Crippen molar-refractivity contribution in [3.8, 4) is 0 Å². The van der Waals surface area contributed by atoms with Crippen LogP contribution in [0.4, 0.5) is 4.39 Å². The minimum Gasteiger partial charge on any atom is -0.378 e. The second-order valence-electron chi connectivity index (χ2n) is 7.95. The van der Waals surface area contributed by atoms with Gasteiger partial charge in [0.15, 0.2) is 0 Å². The Kier molecular flexibility index (Phi) is 5.17. The summed E-state index contributed by atoms with van der Waals surface area (Å²) in [5.41, 5.74) is 0.432. The molecule has 0 unspecified atom stereocenters. The van der Waals surface area contributed by atoms with E-state index in [1.54, 1.807) is 12.1 Å². The van der Waals surface area contributed by atoms with Crippen LogP contribution in [0.15, 0.2) is 24.3 Å². The van der Waals surface area contributed by atoms with Gasteiger partial charge in [-0.25, -0.2) is 4.39 Å². The zero-order valence-corrected chi connectivity index (χ0v) is 15.7. The van der Waals surface area contributed by atoms with Gasteiger partial charge in [-0.2, -0.15) is 0 Å². The summed E-state index contributed by atoms with van der Waals surface area (Å²) in [6.07, 6.45) is 4.12. The van der Waals surface area contributed by atoms with Gasteiger partial charge in [-0.1, -0.05) is 18.6 Å². The van der Waals surface area contributed by atoms with E-state index in [0.29, 0.717) is 39.4 Å². The highest BCUT2D eigenvalue weighted by Gasteiger charge is 2.48. The van der Waals surface area contributed by atoms with E-state index in [1.165, 1.54) is 12.1 Å². The van der Waals surface area contributed by atoms with Crippen molar-refractivity contribution in [2.24, 2.45) is 5.92 Å². The summed E-state index contributed by atoms with van der Waals surface area (Å²) in [6, 6.07) is 6.38. The van der Waals surface area contributed by atoms with Gasteiger partial charge >= 0.3 is 0 Å². The molecule has 6 heteroatoms. The quantitative estimate of drug-likeness (QED) is 0.816. The zero-order chi connectivity index (χ0) is 18.9. The highest BCUT2D eigenvalue weighted by atomic mass is 19.1. The Hall–Kier alpha value is -1.95. The number of halogens is 1. The van der Waals surface area contributed by atoms with Crippen LogP contribution < -0.4 is 0 Å². The molecule has 0 atom stereocenters. The molecule has 0 N–H and O–H groups in total. The lowest BCUT2D eigenvalue weighted by Gasteiger charge is -2.45.